The lowest BCUT2D eigenvalue weighted by Gasteiger charge is -2.15. The molecule has 0 bridgehead atoms. The maximum Gasteiger partial charge on any atom is 0.262 e. The van der Waals surface area contributed by atoms with Crippen LogP contribution in [0.2, 0.25) is 5.02 Å². The zero-order valence-corrected chi connectivity index (χ0v) is 14.4. The normalized spacial score (nSPS) is 15.4. The first-order chi connectivity index (χ1) is 11.6. The van der Waals surface area contributed by atoms with Crippen molar-refractivity contribution in [3.63, 3.8) is 0 Å². The second-order valence-electron chi connectivity index (χ2n) is 5.85. The van der Waals surface area contributed by atoms with Crippen LogP contribution in [0.25, 0.3) is 10.2 Å². The summed E-state index contributed by atoms with van der Waals surface area (Å²) in [7, 11) is 0. The Bertz CT molecular complexity index is 966. The van der Waals surface area contributed by atoms with Gasteiger partial charge >= 0.3 is 0 Å². The number of rotatable bonds is 3. The number of benzene rings is 1. The third kappa shape index (κ3) is 2.65. The second kappa shape index (κ2) is 6.29. The molecule has 0 aliphatic carbocycles. The van der Waals surface area contributed by atoms with E-state index in [0.717, 1.165) is 29.9 Å². The average Bonchev–Trinajstić information content (AvgIpc) is 2.97. The number of aliphatic hydroxyl groups excluding tert-OH is 1. The number of halogens is 1. The number of nitrogens with zero attached hydrogens (tertiary/aromatic N) is 2. The highest BCUT2D eigenvalue weighted by molar-refractivity contribution is 7.18. The summed E-state index contributed by atoms with van der Waals surface area (Å²) in [4.78, 5) is 19.3. The maximum atomic E-state index is 12.9. The molecule has 124 valence electrons. The van der Waals surface area contributed by atoms with E-state index in [1.54, 1.807) is 23.5 Å². The molecule has 2 aromatic heterocycles. The molecular formula is C17H16ClN3O2S. The molecule has 0 saturated carbocycles. The fourth-order valence-corrected chi connectivity index (χ4v) is 4.52. The van der Waals surface area contributed by atoms with Crippen LogP contribution in [0.5, 0.6) is 0 Å². The third-order valence-corrected chi connectivity index (χ3v) is 5.82. The molecule has 1 atom stereocenters. The minimum absolute atomic E-state index is 0.0921. The largest absolute Gasteiger partial charge is 0.386 e. The van der Waals surface area contributed by atoms with Crippen LogP contribution in [-0.4, -0.2) is 21.2 Å². The molecule has 0 fully saturated rings. The quantitative estimate of drug-likeness (QED) is 0.752. The molecule has 4 rings (SSSR count). The van der Waals surface area contributed by atoms with E-state index < -0.39 is 6.10 Å². The van der Waals surface area contributed by atoms with E-state index in [4.69, 9.17) is 11.6 Å². The summed E-state index contributed by atoms with van der Waals surface area (Å²) in [6.07, 6.45) is 1.50. The molecule has 24 heavy (non-hydrogen) atoms. The Hall–Kier alpha value is -1.73. The number of nitrogens with one attached hydrogen (secondary N) is 1. The van der Waals surface area contributed by atoms with E-state index in [1.807, 2.05) is 12.1 Å². The monoisotopic (exact) mass is 361 g/mol. The van der Waals surface area contributed by atoms with Gasteiger partial charge in [-0.2, -0.15) is 0 Å². The minimum Gasteiger partial charge on any atom is -0.386 e. The first-order valence-electron chi connectivity index (χ1n) is 7.78. The summed E-state index contributed by atoms with van der Waals surface area (Å²) < 4.78 is 1.48. The number of hydrogen-bond acceptors (Lipinski definition) is 5. The van der Waals surface area contributed by atoms with E-state index in [1.165, 1.54) is 15.8 Å². The lowest BCUT2D eigenvalue weighted by atomic mass is 10.1. The van der Waals surface area contributed by atoms with Crippen LogP contribution in [0, 0.1) is 0 Å². The van der Waals surface area contributed by atoms with Gasteiger partial charge in [-0.1, -0.05) is 29.8 Å². The number of hydrogen-bond donors (Lipinski definition) is 2. The molecule has 1 aliphatic heterocycles. The minimum atomic E-state index is -0.855. The molecule has 2 N–H and O–H groups in total. The Balaban J connectivity index is 1.74. The summed E-state index contributed by atoms with van der Waals surface area (Å²) in [5, 5.41) is 15.0. The summed E-state index contributed by atoms with van der Waals surface area (Å²) in [5.41, 5.74) is 1.63. The van der Waals surface area contributed by atoms with E-state index in [2.05, 4.69) is 10.3 Å². The predicted molar refractivity (Wildman–Crippen MR) is 95.7 cm³/mol. The molecule has 1 aromatic carbocycles. The van der Waals surface area contributed by atoms with Gasteiger partial charge in [-0.25, -0.2) is 4.98 Å². The van der Waals surface area contributed by atoms with Gasteiger partial charge in [-0.15, -0.1) is 11.3 Å². The first kappa shape index (κ1) is 15.8. The van der Waals surface area contributed by atoms with Crippen LogP contribution in [-0.2, 0) is 19.5 Å². The van der Waals surface area contributed by atoms with Gasteiger partial charge in [0, 0.05) is 22.0 Å². The van der Waals surface area contributed by atoms with E-state index in [9.17, 15) is 9.90 Å². The fourth-order valence-electron chi connectivity index (χ4n) is 3.11. The fraction of sp³-hybridized carbons (Fsp3) is 0.294. The summed E-state index contributed by atoms with van der Waals surface area (Å²) in [6, 6.07) is 7.12. The molecule has 0 saturated heterocycles. The van der Waals surface area contributed by atoms with Crippen LogP contribution < -0.4 is 10.9 Å². The molecule has 1 unspecified atom stereocenters. The van der Waals surface area contributed by atoms with Crippen LogP contribution in [0.4, 0.5) is 0 Å². The number of thiophene rings is 1. The van der Waals surface area contributed by atoms with Gasteiger partial charge in [-0.05, 0) is 24.6 Å². The SMILES string of the molecule is O=c1c2c3c(sc2ncn1CC(O)c1ccccc1Cl)CNCC3. The van der Waals surface area contributed by atoms with E-state index in [0.29, 0.717) is 16.0 Å². The van der Waals surface area contributed by atoms with Gasteiger partial charge in [0.2, 0.25) is 0 Å². The lowest BCUT2D eigenvalue weighted by Crippen LogP contribution is -2.26. The maximum absolute atomic E-state index is 12.9. The Kier molecular flexibility index (Phi) is 4.14. The van der Waals surface area contributed by atoms with Crippen molar-refractivity contribution in [3.8, 4) is 0 Å². The molecule has 5 nitrogen and oxygen atoms in total. The standard InChI is InChI=1S/C17H16ClN3O2S/c18-12-4-2-1-3-10(12)13(22)8-21-9-20-16-15(17(21)23)11-5-6-19-7-14(11)24-16/h1-4,9,13,19,22H,5-8H2. The lowest BCUT2D eigenvalue weighted by molar-refractivity contribution is 0.155. The highest BCUT2D eigenvalue weighted by atomic mass is 35.5. The highest BCUT2D eigenvalue weighted by Gasteiger charge is 2.21. The molecular weight excluding hydrogens is 346 g/mol. The molecule has 0 spiro atoms. The van der Waals surface area contributed by atoms with Gasteiger partial charge in [0.25, 0.3) is 5.56 Å². The van der Waals surface area contributed by atoms with Crippen molar-refractivity contribution in [2.75, 3.05) is 6.54 Å². The van der Waals surface area contributed by atoms with Gasteiger partial charge < -0.3 is 10.4 Å². The highest BCUT2D eigenvalue weighted by Crippen LogP contribution is 2.30. The van der Waals surface area contributed by atoms with Gasteiger partial charge in [0.1, 0.15) is 4.83 Å². The van der Waals surface area contributed by atoms with Gasteiger partial charge in [0.15, 0.2) is 0 Å². The first-order valence-corrected chi connectivity index (χ1v) is 8.97. The third-order valence-electron chi connectivity index (χ3n) is 4.33. The van der Waals surface area contributed by atoms with Crippen molar-refractivity contribution in [1.29, 1.82) is 0 Å². The molecule has 0 amide bonds. The Morgan fingerprint density at radius 3 is 3.08 bits per heavy atom. The molecule has 1 aliphatic rings. The molecule has 7 heteroatoms. The van der Waals surface area contributed by atoms with Crippen molar-refractivity contribution in [3.05, 3.63) is 62.0 Å². The van der Waals surface area contributed by atoms with Crippen molar-refractivity contribution < 1.29 is 5.11 Å². The Labute approximate surface area is 147 Å². The van der Waals surface area contributed by atoms with Crippen LogP contribution in [0.1, 0.15) is 22.1 Å². The van der Waals surface area contributed by atoms with Crippen LogP contribution in [0.3, 0.4) is 0 Å². The summed E-state index contributed by atoms with van der Waals surface area (Å²) in [6.45, 7) is 1.79. The molecule has 0 radical (unpaired) electrons. The predicted octanol–water partition coefficient (Wildman–Crippen LogP) is 2.49. The number of aliphatic hydroxyl groups is 1. The van der Waals surface area contributed by atoms with Gasteiger partial charge in [0.05, 0.1) is 24.4 Å². The summed E-state index contributed by atoms with van der Waals surface area (Å²) >= 11 is 7.70. The van der Waals surface area contributed by atoms with Crippen LogP contribution >= 0.6 is 22.9 Å². The zero-order chi connectivity index (χ0) is 16.7. The van der Waals surface area contributed by atoms with Crippen LogP contribution in [0.15, 0.2) is 35.4 Å². The Morgan fingerprint density at radius 1 is 1.42 bits per heavy atom. The topological polar surface area (TPSA) is 67.2 Å². The smallest absolute Gasteiger partial charge is 0.262 e. The van der Waals surface area contributed by atoms with E-state index >= 15 is 0 Å². The average molecular weight is 362 g/mol. The number of aromatic nitrogens is 2. The molecule has 3 aromatic rings. The van der Waals surface area contributed by atoms with Crippen molar-refractivity contribution >= 4 is 33.2 Å². The van der Waals surface area contributed by atoms with Crippen molar-refractivity contribution in [2.45, 2.75) is 25.6 Å². The van der Waals surface area contributed by atoms with Gasteiger partial charge in [-0.3, -0.25) is 9.36 Å². The number of fused-ring (bicyclic) bond motifs is 3. The van der Waals surface area contributed by atoms with Crippen molar-refractivity contribution in [1.82, 2.24) is 14.9 Å². The molecule has 3 heterocycles. The van der Waals surface area contributed by atoms with Crippen molar-refractivity contribution in [2.24, 2.45) is 0 Å². The summed E-state index contributed by atoms with van der Waals surface area (Å²) in [5.74, 6) is 0. The van der Waals surface area contributed by atoms with E-state index in [-0.39, 0.29) is 12.1 Å². The second-order valence-corrected chi connectivity index (χ2v) is 7.34. The zero-order valence-electron chi connectivity index (χ0n) is 12.8. The Morgan fingerprint density at radius 2 is 2.25 bits per heavy atom.